The van der Waals surface area contributed by atoms with Crippen molar-refractivity contribution in [2.45, 2.75) is 19.9 Å². The van der Waals surface area contributed by atoms with Gasteiger partial charge in [0, 0.05) is 17.6 Å². The minimum atomic E-state index is -0.812. The average Bonchev–Trinajstić information content (AvgIpc) is 2.71. The van der Waals surface area contributed by atoms with E-state index in [1.807, 2.05) is 49.4 Å². The molecule has 1 heterocycles. The Morgan fingerprint density at radius 3 is 2.55 bits per heavy atom. The number of aromatic amines is 1. The number of carbonyl (C=O) groups is 2. The molecule has 1 aromatic heterocycles. The molecule has 9 nitrogen and oxygen atoms in total. The molecule has 2 aromatic carbocycles. The maximum atomic E-state index is 12.7. The van der Waals surface area contributed by atoms with E-state index >= 15 is 0 Å². The van der Waals surface area contributed by atoms with Crippen molar-refractivity contribution < 1.29 is 14.5 Å². The van der Waals surface area contributed by atoms with Crippen LogP contribution in [0, 0.1) is 0 Å². The normalized spacial score (nSPS) is 11.9. The lowest BCUT2D eigenvalue weighted by molar-refractivity contribution is -0.861. The number of nitrogens with one attached hydrogen (secondary N) is 3. The summed E-state index contributed by atoms with van der Waals surface area (Å²) in [5.74, 6) is -0.938. The predicted octanol–water partition coefficient (Wildman–Crippen LogP) is 0.0181. The molecular formula is C22H26N5O4+. The predicted molar refractivity (Wildman–Crippen MR) is 120 cm³/mol. The topological polar surface area (TPSA) is 131 Å². The van der Waals surface area contributed by atoms with Gasteiger partial charge in [-0.25, -0.2) is 4.79 Å². The Balaban J connectivity index is 1.71. The van der Waals surface area contributed by atoms with Gasteiger partial charge in [-0.1, -0.05) is 43.3 Å². The maximum Gasteiger partial charge on any atom is 0.329 e. The van der Waals surface area contributed by atoms with E-state index < -0.39 is 17.0 Å². The monoisotopic (exact) mass is 424 g/mol. The number of hydrogen-bond donors (Lipinski definition) is 4. The Bertz CT molecular complexity index is 1240. The van der Waals surface area contributed by atoms with Crippen LogP contribution in [-0.2, 0) is 11.3 Å². The van der Waals surface area contributed by atoms with Crippen molar-refractivity contribution in [3.63, 3.8) is 0 Å². The van der Waals surface area contributed by atoms with Gasteiger partial charge in [-0.3, -0.25) is 23.9 Å². The van der Waals surface area contributed by atoms with Crippen LogP contribution in [0.15, 0.2) is 52.1 Å². The van der Waals surface area contributed by atoms with Crippen LogP contribution in [0.2, 0.25) is 0 Å². The van der Waals surface area contributed by atoms with E-state index in [0.717, 1.165) is 10.8 Å². The van der Waals surface area contributed by atoms with E-state index in [0.29, 0.717) is 17.0 Å². The third kappa shape index (κ3) is 4.89. The van der Waals surface area contributed by atoms with Crippen molar-refractivity contribution in [2.75, 3.05) is 31.2 Å². The van der Waals surface area contributed by atoms with Crippen LogP contribution >= 0.6 is 0 Å². The number of nitrogens with two attached hydrogens (primary N) is 1. The van der Waals surface area contributed by atoms with Gasteiger partial charge in [-0.2, -0.15) is 0 Å². The van der Waals surface area contributed by atoms with E-state index in [1.54, 1.807) is 7.05 Å². The number of nitrogens with zero attached hydrogens (tertiary/aromatic N) is 1. The van der Waals surface area contributed by atoms with Gasteiger partial charge in [0.25, 0.3) is 11.5 Å². The van der Waals surface area contributed by atoms with Gasteiger partial charge in [0.15, 0.2) is 6.54 Å². The molecule has 0 spiro atoms. The number of aromatic nitrogens is 2. The zero-order valence-electron chi connectivity index (χ0n) is 17.5. The van der Waals surface area contributed by atoms with Gasteiger partial charge >= 0.3 is 5.69 Å². The highest BCUT2D eigenvalue weighted by atomic mass is 16.2. The fourth-order valence-corrected chi connectivity index (χ4v) is 3.53. The van der Waals surface area contributed by atoms with Crippen LogP contribution in [0.4, 0.5) is 11.5 Å². The van der Waals surface area contributed by atoms with Gasteiger partial charge in [-0.15, -0.1) is 0 Å². The fourth-order valence-electron chi connectivity index (χ4n) is 3.53. The minimum Gasteiger partial charge on any atom is -0.384 e. The Hall–Kier alpha value is -3.72. The van der Waals surface area contributed by atoms with Crippen molar-refractivity contribution in [1.82, 2.24) is 9.55 Å². The molecule has 0 aliphatic carbocycles. The third-order valence-electron chi connectivity index (χ3n) is 4.95. The standard InChI is InChI=1S/C22H25N5O4/c1-3-11-27-20(23)19(21(30)25-22(27)31)17(28)12-26(2)13-18(29)24-16-10-6-8-14-7-4-5-9-15(14)16/h4-10H,3,11-13,23H2,1-2H3,(H,24,29)(H,25,30,31)/p+1. The molecule has 0 aliphatic rings. The van der Waals surface area contributed by atoms with E-state index in [9.17, 15) is 19.2 Å². The number of benzene rings is 2. The molecule has 3 aromatic rings. The molecule has 0 saturated carbocycles. The Kier molecular flexibility index (Phi) is 6.66. The molecule has 162 valence electrons. The molecule has 31 heavy (non-hydrogen) atoms. The second-order valence-electron chi connectivity index (χ2n) is 7.48. The summed E-state index contributed by atoms with van der Waals surface area (Å²) in [5, 5.41) is 4.80. The maximum absolute atomic E-state index is 12.7. The summed E-state index contributed by atoms with van der Waals surface area (Å²) in [7, 11) is 1.67. The first-order valence-electron chi connectivity index (χ1n) is 10.1. The van der Waals surface area contributed by atoms with Crippen LogP contribution < -0.4 is 27.2 Å². The molecule has 0 radical (unpaired) electrons. The summed E-state index contributed by atoms with van der Waals surface area (Å²) in [6.07, 6.45) is 0.614. The van der Waals surface area contributed by atoms with Crippen molar-refractivity contribution >= 4 is 34.0 Å². The first-order chi connectivity index (χ1) is 14.8. The molecule has 0 aliphatic heterocycles. The third-order valence-corrected chi connectivity index (χ3v) is 4.95. The van der Waals surface area contributed by atoms with Crippen LogP contribution in [0.25, 0.3) is 10.8 Å². The highest BCUT2D eigenvalue weighted by molar-refractivity contribution is 6.03. The molecular weight excluding hydrogens is 398 g/mol. The fraction of sp³-hybridized carbons (Fsp3) is 0.273. The average molecular weight is 424 g/mol. The van der Waals surface area contributed by atoms with E-state index in [2.05, 4.69) is 10.3 Å². The van der Waals surface area contributed by atoms with Crippen molar-refractivity contribution in [1.29, 1.82) is 0 Å². The number of rotatable bonds is 8. The van der Waals surface area contributed by atoms with Crippen molar-refractivity contribution in [2.24, 2.45) is 0 Å². The van der Waals surface area contributed by atoms with Gasteiger partial charge < -0.3 is 16.0 Å². The number of quaternary nitrogens is 1. The lowest BCUT2D eigenvalue weighted by Gasteiger charge is -2.15. The number of ketones is 1. The van der Waals surface area contributed by atoms with Gasteiger partial charge in [0.1, 0.15) is 17.9 Å². The molecule has 0 fully saturated rings. The van der Waals surface area contributed by atoms with Crippen LogP contribution in [0.1, 0.15) is 23.7 Å². The number of Topliss-reactive ketones (excluding diaryl/α,β-unsaturated/α-hetero) is 1. The summed E-state index contributed by atoms with van der Waals surface area (Å²) in [6.45, 7) is 2.03. The van der Waals surface area contributed by atoms with Crippen LogP contribution in [0.3, 0.4) is 0 Å². The quantitative estimate of drug-likeness (QED) is 0.379. The second-order valence-corrected chi connectivity index (χ2v) is 7.48. The number of fused-ring (bicyclic) bond motifs is 1. The SMILES string of the molecule is CCCn1c(N)c(C(=O)C[NH+](C)CC(=O)Nc2cccc3ccccc23)c(=O)[nH]c1=O. The van der Waals surface area contributed by atoms with Crippen molar-refractivity contribution in [3.05, 3.63) is 68.9 Å². The molecule has 9 heteroatoms. The molecule has 1 amide bonds. The number of hydrogen-bond acceptors (Lipinski definition) is 5. The van der Waals surface area contributed by atoms with Gasteiger partial charge in [-0.05, 0) is 17.9 Å². The van der Waals surface area contributed by atoms with Crippen LogP contribution in [-0.4, -0.2) is 41.4 Å². The minimum absolute atomic E-state index is 0.0152. The zero-order valence-corrected chi connectivity index (χ0v) is 17.5. The lowest BCUT2D eigenvalue weighted by Crippen LogP contribution is -3.11. The molecule has 5 N–H and O–H groups in total. The largest absolute Gasteiger partial charge is 0.384 e. The van der Waals surface area contributed by atoms with Gasteiger partial charge in [0.2, 0.25) is 5.78 Å². The molecule has 3 rings (SSSR count). The summed E-state index contributed by atoms with van der Waals surface area (Å²) >= 11 is 0. The summed E-state index contributed by atoms with van der Waals surface area (Å²) < 4.78 is 1.18. The molecule has 0 bridgehead atoms. The number of carbonyl (C=O) groups excluding carboxylic acids is 2. The highest BCUT2D eigenvalue weighted by Crippen LogP contribution is 2.22. The summed E-state index contributed by atoms with van der Waals surface area (Å²) in [6, 6.07) is 13.3. The van der Waals surface area contributed by atoms with E-state index in [-0.39, 0.29) is 36.9 Å². The number of anilines is 2. The van der Waals surface area contributed by atoms with Gasteiger partial charge in [0.05, 0.1) is 7.05 Å². The van der Waals surface area contributed by atoms with Crippen molar-refractivity contribution in [3.8, 4) is 0 Å². The summed E-state index contributed by atoms with van der Waals surface area (Å²) in [4.78, 5) is 52.0. The van der Waals surface area contributed by atoms with E-state index in [4.69, 9.17) is 5.73 Å². The number of nitrogen functional groups attached to an aromatic ring is 1. The number of likely N-dealkylation sites (N-methyl/N-ethyl adjacent to an activating group) is 1. The smallest absolute Gasteiger partial charge is 0.329 e. The molecule has 0 saturated heterocycles. The number of H-pyrrole nitrogens is 1. The first-order valence-corrected chi connectivity index (χ1v) is 10.1. The Morgan fingerprint density at radius 2 is 1.81 bits per heavy atom. The Morgan fingerprint density at radius 1 is 1.10 bits per heavy atom. The first kappa shape index (κ1) is 22.0. The lowest BCUT2D eigenvalue weighted by atomic mass is 10.1. The second kappa shape index (κ2) is 9.40. The van der Waals surface area contributed by atoms with Crippen LogP contribution in [0.5, 0.6) is 0 Å². The highest BCUT2D eigenvalue weighted by Gasteiger charge is 2.23. The Labute approximate surface area is 178 Å². The summed E-state index contributed by atoms with van der Waals surface area (Å²) in [5.41, 5.74) is 4.92. The molecule has 1 unspecified atom stereocenters. The molecule has 1 atom stereocenters. The van der Waals surface area contributed by atoms with E-state index in [1.165, 1.54) is 4.57 Å². The zero-order chi connectivity index (χ0) is 22.5. The number of amides is 1.